The third-order valence-electron chi connectivity index (χ3n) is 6.54. The molecule has 0 spiro atoms. The second-order valence-electron chi connectivity index (χ2n) is 10.1. The van der Waals surface area contributed by atoms with Crippen LogP contribution in [0.3, 0.4) is 0 Å². The topological polar surface area (TPSA) is 138 Å². The highest BCUT2D eigenvalue weighted by molar-refractivity contribution is 7.90. The Bertz CT molecular complexity index is 1740. The van der Waals surface area contributed by atoms with Gasteiger partial charge >= 0.3 is 6.18 Å². The van der Waals surface area contributed by atoms with E-state index in [2.05, 4.69) is 15.2 Å². The van der Waals surface area contributed by atoms with E-state index < -0.39 is 34.1 Å². The minimum Gasteiger partial charge on any atom is -0.382 e. The number of nitrogens with zero attached hydrogens (tertiary/aromatic N) is 6. The number of nitrogen functional groups attached to an aromatic ring is 1. The van der Waals surface area contributed by atoms with Crippen LogP contribution in [0.25, 0.3) is 28.0 Å². The van der Waals surface area contributed by atoms with E-state index in [0.717, 1.165) is 10.9 Å². The van der Waals surface area contributed by atoms with Gasteiger partial charge in [0.05, 0.1) is 34.6 Å². The second-order valence-corrected chi connectivity index (χ2v) is 12.1. The molecule has 5 rings (SSSR count). The third kappa shape index (κ3) is 4.90. The quantitative estimate of drug-likeness (QED) is 0.381. The molecule has 1 atom stereocenters. The second kappa shape index (κ2) is 9.30. The van der Waals surface area contributed by atoms with Crippen LogP contribution in [0.5, 0.6) is 0 Å². The Hall–Kier alpha value is -3.98. The van der Waals surface area contributed by atoms with Crippen molar-refractivity contribution >= 4 is 32.8 Å². The number of fused-ring (bicyclic) bond motifs is 1. The largest absolute Gasteiger partial charge is 0.408 e. The third-order valence-corrected chi connectivity index (χ3v) is 7.69. The molecule has 1 fully saturated rings. The normalized spacial score (nSPS) is 18.0. The molecule has 4 aromatic rings. The molecular weight excluding hydrogens is 551 g/mol. The summed E-state index contributed by atoms with van der Waals surface area (Å²) in [6.07, 6.45) is -1.41. The van der Waals surface area contributed by atoms with E-state index in [1.807, 2.05) is 0 Å². The fourth-order valence-electron chi connectivity index (χ4n) is 4.99. The molecule has 212 valence electrons. The smallest absolute Gasteiger partial charge is 0.382 e. The fraction of sp³-hybridized carbons (Fsp3) is 0.360. The maximum Gasteiger partial charge on any atom is 0.408 e. The van der Waals surface area contributed by atoms with Crippen molar-refractivity contribution in [2.45, 2.75) is 50.1 Å². The molecule has 3 aromatic heterocycles. The van der Waals surface area contributed by atoms with E-state index in [1.165, 1.54) is 40.1 Å². The van der Waals surface area contributed by atoms with E-state index in [9.17, 15) is 26.4 Å². The van der Waals surface area contributed by atoms with Gasteiger partial charge in [-0.15, -0.1) is 0 Å². The molecule has 0 saturated carbocycles. The summed E-state index contributed by atoms with van der Waals surface area (Å²) in [5, 5.41) is 8.09. The van der Waals surface area contributed by atoms with E-state index >= 15 is 0 Å². The summed E-state index contributed by atoms with van der Waals surface area (Å²) in [5.74, 6) is -0.404. The predicted molar refractivity (Wildman–Crippen MR) is 140 cm³/mol. The number of halogens is 3. The highest BCUT2D eigenvalue weighted by Crippen LogP contribution is 2.39. The van der Waals surface area contributed by atoms with E-state index in [1.54, 1.807) is 32.9 Å². The molecule has 1 saturated heterocycles. The number of anilines is 2. The van der Waals surface area contributed by atoms with E-state index in [4.69, 9.17) is 10.5 Å². The number of amides is 1. The van der Waals surface area contributed by atoms with Gasteiger partial charge in [0.1, 0.15) is 24.0 Å². The lowest BCUT2D eigenvalue weighted by Gasteiger charge is -2.41. The minimum absolute atomic E-state index is 0.0166. The summed E-state index contributed by atoms with van der Waals surface area (Å²) >= 11 is 0. The molecule has 11 nitrogen and oxygen atoms in total. The lowest BCUT2D eigenvalue weighted by Crippen LogP contribution is -2.57. The van der Waals surface area contributed by atoms with Crippen molar-refractivity contribution in [3.63, 3.8) is 0 Å². The number of carbonyl (C=O) groups is 1. The van der Waals surface area contributed by atoms with Gasteiger partial charge in [0.2, 0.25) is 0 Å². The molecule has 0 bridgehead atoms. The van der Waals surface area contributed by atoms with Gasteiger partial charge < -0.3 is 15.4 Å². The number of ether oxygens (including phenoxy) is 1. The summed E-state index contributed by atoms with van der Waals surface area (Å²) in [6, 6.07) is 7.47. The molecule has 1 aromatic carbocycles. The molecule has 0 radical (unpaired) electrons. The van der Waals surface area contributed by atoms with Crippen LogP contribution in [0.4, 0.5) is 24.7 Å². The van der Waals surface area contributed by atoms with Crippen molar-refractivity contribution < 1.29 is 31.1 Å². The van der Waals surface area contributed by atoms with Gasteiger partial charge in [-0.25, -0.2) is 17.9 Å². The summed E-state index contributed by atoms with van der Waals surface area (Å²) in [5.41, 5.74) is 6.59. The molecule has 15 heteroatoms. The zero-order chi connectivity index (χ0) is 29.2. The maximum absolute atomic E-state index is 13.4. The Morgan fingerprint density at radius 1 is 1.15 bits per heavy atom. The molecule has 1 amide bonds. The number of sulfone groups is 1. The molecule has 0 aliphatic carbocycles. The van der Waals surface area contributed by atoms with Crippen LogP contribution < -0.4 is 10.6 Å². The average Bonchev–Trinajstić information content (AvgIpc) is 3.44. The van der Waals surface area contributed by atoms with Crippen LogP contribution in [0.1, 0.15) is 20.8 Å². The minimum atomic E-state index is -4.52. The Labute approximate surface area is 227 Å². The zero-order valence-corrected chi connectivity index (χ0v) is 22.8. The van der Waals surface area contributed by atoms with Gasteiger partial charge in [-0.05, 0) is 45.0 Å². The average molecular weight is 578 g/mol. The number of aromatic nitrogens is 5. The highest BCUT2D eigenvalue weighted by Gasteiger charge is 2.42. The van der Waals surface area contributed by atoms with Gasteiger partial charge in [0, 0.05) is 23.6 Å². The number of carbonyl (C=O) groups excluding carboxylic acids is 1. The van der Waals surface area contributed by atoms with Crippen LogP contribution in [0, 0.1) is 0 Å². The van der Waals surface area contributed by atoms with Crippen molar-refractivity contribution in [3.8, 4) is 22.5 Å². The van der Waals surface area contributed by atoms with Crippen molar-refractivity contribution in [1.29, 1.82) is 0 Å². The summed E-state index contributed by atoms with van der Waals surface area (Å²) < 4.78 is 73.2. The van der Waals surface area contributed by atoms with Crippen molar-refractivity contribution in [1.82, 2.24) is 24.4 Å². The highest BCUT2D eigenvalue weighted by atomic mass is 32.2. The fourth-order valence-corrected chi connectivity index (χ4v) is 5.85. The van der Waals surface area contributed by atoms with Gasteiger partial charge in [-0.3, -0.25) is 9.48 Å². The monoisotopic (exact) mass is 577 g/mol. The molecule has 1 unspecified atom stereocenters. The number of rotatable bonds is 5. The van der Waals surface area contributed by atoms with E-state index in [-0.39, 0.29) is 40.3 Å². The lowest BCUT2D eigenvalue weighted by atomic mass is 10.0. The Morgan fingerprint density at radius 3 is 2.55 bits per heavy atom. The molecule has 40 heavy (non-hydrogen) atoms. The van der Waals surface area contributed by atoms with Gasteiger partial charge in [0.15, 0.2) is 15.7 Å². The lowest BCUT2D eigenvalue weighted by molar-refractivity contribution is -0.153. The Balaban J connectivity index is 1.74. The van der Waals surface area contributed by atoms with E-state index in [0.29, 0.717) is 16.8 Å². The van der Waals surface area contributed by atoms with Gasteiger partial charge in [-0.2, -0.15) is 23.4 Å². The zero-order valence-electron chi connectivity index (χ0n) is 22.0. The SMILES string of the molecule is CC1CN(c2cc(-c3cc(-c4ccnn4CC(F)(F)F)c4c(N)ncnn34)ccc2S(C)(=O)=O)C(=O)C(C)(C)O1. The predicted octanol–water partition coefficient (Wildman–Crippen LogP) is 3.34. The molecule has 4 heterocycles. The van der Waals surface area contributed by atoms with Gasteiger partial charge in [-0.1, -0.05) is 6.07 Å². The Kier molecular flexibility index (Phi) is 6.41. The standard InChI is InChI=1S/C25H26F3N7O4S/c1-14-11-33(23(36)24(2,3)39-14)19-9-15(5-6-20(19)40(4,37)38)18-10-16(21-22(29)30-13-32-35(18)21)17-7-8-31-34(17)12-25(26,27)28/h5-10,13-14H,11-12H2,1-4H3,(H2,29,30,32). The molecule has 1 aliphatic heterocycles. The maximum atomic E-state index is 13.4. The van der Waals surface area contributed by atoms with Crippen molar-refractivity contribution in [2.24, 2.45) is 0 Å². The first-order valence-corrected chi connectivity index (χ1v) is 14.0. The molecular formula is C25H26F3N7O4S. The molecule has 2 N–H and O–H groups in total. The number of alkyl halides is 3. The van der Waals surface area contributed by atoms with Crippen LogP contribution in [0.2, 0.25) is 0 Å². The molecule has 1 aliphatic rings. The number of benzene rings is 1. The summed E-state index contributed by atoms with van der Waals surface area (Å²) in [7, 11) is -3.77. The summed E-state index contributed by atoms with van der Waals surface area (Å²) in [6.45, 7) is 3.79. The van der Waals surface area contributed by atoms with Crippen LogP contribution in [0.15, 0.2) is 47.8 Å². The number of hydrogen-bond acceptors (Lipinski definition) is 8. The summed E-state index contributed by atoms with van der Waals surface area (Å²) in [4.78, 5) is 18.7. The van der Waals surface area contributed by atoms with Crippen LogP contribution in [-0.4, -0.2) is 69.4 Å². The Morgan fingerprint density at radius 2 is 1.88 bits per heavy atom. The first-order valence-electron chi connectivity index (χ1n) is 12.1. The number of hydrogen-bond donors (Lipinski definition) is 1. The number of nitrogens with two attached hydrogens (primary N) is 1. The van der Waals surface area contributed by atoms with Crippen molar-refractivity contribution in [3.05, 3.63) is 42.9 Å². The first-order chi connectivity index (χ1) is 18.6. The number of morpholine rings is 1. The van der Waals surface area contributed by atoms with Crippen LogP contribution in [-0.2, 0) is 25.9 Å². The van der Waals surface area contributed by atoms with Crippen LogP contribution >= 0.6 is 0 Å². The first kappa shape index (κ1) is 27.6. The van der Waals surface area contributed by atoms with Gasteiger partial charge in [0.25, 0.3) is 5.91 Å². The van der Waals surface area contributed by atoms with Crippen molar-refractivity contribution in [2.75, 3.05) is 23.4 Å².